The zero-order valence-corrected chi connectivity index (χ0v) is 16.5. The lowest BCUT2D eigenvalue weighted by Gasteiger charge is -2.27. The molecule has 8 heteroatoms. The minimum Gasteiger partial charge on any atom is -0.495 e. The van der Waals surface area contributed by atoms with E-state index >= 15 is 0 Å². The number of rotatable bonds is 5. The molecule has 30 heavy (non-hydrogen) atoms. The van der Waals surface area contributed by atoms with Crippen LogP contribution in [0.4, 0.5) is 15.8 Å². The number of pyridine rings is 1. The van der Waals surface area contributed by atoms with Gasteiger partial charge in [-0.25, -0.2) is 9.37 Å². The van der Waals surface area contributed by atoms with Gasteiger partial charge in [-0.2, -0.15) is 0 Å². The molecule has 3 aromatic rings. The Morgan fingerprint density at radius 2 is 2.10 bits per heavy atom. The molecule has 2 heterocycles. The highest BCUT2D eigenvalue weighted by Gasteiger charge is 2.29. The lowest BCUT2D eigenvalue weighted by Crippen LogP contribution is -2.25. The van der Waals surface area contributed by atoms with E-state index in [1.165, 1.54) is 20.3 Å². The number of hydrogen-bond acceptors (Lipinski definition) is 5. The summed E-state index contributed by atoms with van der Waals surface area (Å²) in [5.41, 5.74) is 2.58. The molecule has 1 unspecified atom stereocenters. The van der Waals surface area contributed by atoms with Crippen LogP contribution < -0.4 is 15.4 Å². The van der Waals surface area contributed by atoms with Crippen LogP contribution in [0.15, 0.2) is 42.5 Å². The second-order valence-electron chi connectivity index (χ2n) is 6.97. The minimum atomic E-state index is -0.413. The maximum atomic E-state index is 14.2. The lowest BCUT2D eigenvalue weighted by atomic mass is 9.87. The molecule has 0 fully saturated rings. The highest BCUT2D eigenvalue weighted by atomic mass is 19.1. The van der Waals surface area contributed by atoms with Gasteiger partial charge in [-0.3, -0.25) is 9.59 Å². The number of halogens is 1. The summed E-state index contributed by atoms with van der Waals surface area (Å²) in [7, 11) is 2.92. The van der Waals surface area contributed by atoms with Crippen molar-refractivity contribution < 1.29 is 23.5 Å². The zero-order chi connectivity index (χ0) is 21.3. The fraction of sp³-hybridized carbons (Fsp3) is 0.227. The summed E-state index contributed by atoms with van der Waals surface area (Å²) in [6.45, 7) is -0.109. The topological polar surface area (TPSA) is 89.6 Å². The average Bonchev–Trinajstić information content (AvgIpc) is 2.73. The minimum absolute atomic E-state index is 0.109. The van der Waals surface area contributed by atoms with Gasteiger partial charge in [0.15, 0.2) is 0 Å². The van der Waals surface area contributed by atoms with Crippen molar-refractivity contribution in [3.8, 4) is 5.75 Å². The maximum absolute atomic E-state index is 14.2. The molecule has 2 aromatic carbocycles. The van der Waals surface area contributed by atoms with E-state index in [9.17, 15) is 14.0 Å². The first-order valence-corrected chi connectivity index (χ1v) is 9.36. The molecule has 0 spiro atoms. The van der Waals surface area contributed by atoms with Crippen LogP contribution in [0.25, 0.3) is 10.9 Å². The molecule has 1 aromatic heterocycles. The van der Waals surface area contributed by atoms with Gasteiger partial charge in [0.1, 0.15) is 23.7 Å². The Kier molecular flexibility index (Phi) is 5.33. The number of fused-ring (bicyclic) bond motifs is 2. The van der Waals surface area contributed by atoms with Crippen LogP contribution in [-0.4, -0.2) is 37.6 Å². The number of carbonyl (C=O) groups excluding carboxylic acids is 2. The van der Waals surface area contributed by atoms with Crippen molar-refractivity contribution in [2.45, 2.75) is 12.3 Å². The number of carbonyl (C=O) groups is 2. The van der Waals surface area contributed by atoms with Crippen molar-refractivity contribution in [3.63, 3.8) is 0 Å². The summed E-state index contributed by atoms with van der Waals surface area (Å²) >= 11 is 0. The quantitative estimate of drug-likeness (QED) is 0.674. The van der Waals surface area contributed by atoms with Crippen molar-refractivity contribution in [2.75, 3.05) is 31.5 Å². The van der Waals surface area contributed by atoms with Gasteiger partial charge >= 0.3 is 0 Å². The zero-order valence-electron chi connectivity index (χ0n) is 16.5. The number of nitrogens with one attached hydrogen (secondary N) is 2. The molecule has 0 aliphatic carbocycles. The number of benzene rings is 2. The molecule has 0 radical (unpaired) electrons. The number of nitrogens with zero attached hydrogens (tertiary/aromatic N) is 1. The fourth-order valence-electron chi connectivity index (χ4n) is 3.66. The number of anilines is 2. The van der Waals surface area contributed by atoms with Crippen molar-refractivity contribution in [1.82, 2.24) is 4.98 Å². The number of methoxy groups -OCH3 is 2. The number of hydrogen-bond donors (Lipinski definition) is 2. The smallest absolute Gasteiger partial charge is 0.250 e. The van der Waals surface area contributed by atoms with Crippen LogP contribution in [0.3, 0.4) is 0 Å². The van der Waals surface area contributed by atoms with Crippen LogP contribution >= 0.6 is 0 Å². The summed E-state index contributed by atoms with van der Waals surface area (Å²) in [4.78, 5) is 28.8. The number of ether oxygens (including phenoxy) is 2. The molecule has 0 saturated heterocycles. The van der Waals surface area contributed by atoms with Gasteiger partial charge in [0, 0.05) is 36.2 Å². The third-order valence-electron chi connectivity index (χ3n) is 5.01. The Labute approximate surface area is 172 Å². The van der Waals surface area contributed by atoms with Gasteiger partial charge in [-0.05, 0) is 29.8 Å². The normalized spacial score (nSPS) is 15.4. The van der Waals surface area contributed by atoms with Crippen LogP contribution in [0.5, 0.6) is 5.75 Å². The monoisotopic (exact) mass is 409 g/mol. The fourth-order valence-corrected chi connectivity index (χ4v) is 3.66. The summed E-state index contributed by atoms with van der Waals surface area (Å²) in [5.74, 6) is -0.895. The Morgan fingerprint density at radius 1 is 1.27 bits per heavy atom. The van der Waals surface area contributed by atoms with Crippen molar-refractivity contribution >= 4 is 34.1 Å². The van der Waals surface area contributed by atoms with E-state index in [1.54, 1.807) is 36.4 Å². The molecule has 7 nitrogen and oxygen atoms in total. The van der Waals surface area contributed by atoms with Gasteiger partial charge < -0.3 is 20.1 Å². The van der Waals surface area contributed by atoms with E-state index in [0.717, 1.165) is 5.56 Å². The first-order chi connectivity index (χ1) is 14.5. The van der Waals surface area contributed by atoms with E-state index in [-0.39, 0.29) is 36.3 Å². The predicted molar refractivity (Wildman–Crippen MR) is 110 cm³/mol. The molecule has 154 valence electrons. The van der Waals surface area contributed by atoms with Gasteiger partial charge in [0.05, 0.1) is 12.8 Å². The van der Waals surface area contributed by atoms with E-state index < -0.39 is 5.82 Å². The van der Waals surface area contributed by atoms with Gasteiger partial charge in [-0.1, -0.05) is 18.2 Å². The first kappa shape index (κ1) is 19.8. The number of para-hydroxylation sites is 1. The molecule has 4 rings (SSSR count). The Bertz CT molecular complexity index is 1150. The summed E-state index contributed by atoms with van der Waals surface area (Å²) in [6, 6.07) is 11.8. The van der Waals surface area contributed by atoms with Crippen molar-refractivity contribution in [1.29, 1.82) is 0 Å². The van der Waals surface area contributed by atoms with E-state index in [0.29, 0.717) is 28.2 Å². The predicted octanol–water partition coefficient (Wildman–Crippen LogP) is 3.44. The highest BCUT2D eigenvalue weighted by Crippen LogP contribution is 2.42. The number of aromatic nitrogens is 1. The SMILES string of the molecule is COCC(=O)Nc1cc2c(cc1OC)C(c1ccc3cccc(F)c3n1)CC(=O)N2. The molecule has 2 N–H and O–H groups in total. The van der Waals surface area contributed by atoms with Crippen molar-refractivity contribution in [2.24, 2.45) is 0 Å². The second-order valence-corrected chi connectivity index (χ2v) is 6.97. The molecular formula is C22H20FN3O4. The summed E-state index contributed by atoms with van der Waals surface area (Å²) in [5, 5.41) is 6.22. The third-order valence-corrected chi connectivity index (χ3v) is 5.01. The molecule has 2 amide bonds. The summed E-state index contributed by atoms with van der Waals surface area (Å²) in [6.07, 6.45) is 0.165. The van der Waals surface area contributed by atoms with E-state index in [1.807, 2.05) is 0 Å². The molecule has 1 aliphatic rings. The van der Waals surface area contributed by atoms with E-state index in [4.69, 9.17) is 9.47 Å². The molecular weight excluding hydrogens is 389 g/mol. The molecule has 1 aliphatic heterocycles. The van der Waals surface area contributed by atoms with Crippen LogP contribution in [0.2, 0.25) is 0 Å². The Hall–Kier alpha value is -3.52. The Morgan fingerprint density at radius 3 is 2.87 bits per heavy atom. The van der Waals surface area contributed by atoms with Crippen LogP contribution in [0.1, 0.15) is 23.6 Å². The van der Waals surface area contributed by atoms with Crippen LogP contribution in [0, 0.1) is 5.82 Å². The maximum Gasteiger partial charge on any atom is 0.250 e. The first-order valence-electron chi connectivity index (χ1n) is 9.36. The number of amides is 2. The Balaban J connectivity index is 1.79. The standard InChI is InChI=1S/C22H20FN3O4/c1-29-11-21(28)25-18-10-17-13(8-19(18)30-2)14(9-20(27)24-17)16-7-6-12-4-3-5-15(23)22(12)26-16/h3-8,10,14H,9,11H2,1-2H3,(H,24,27)(H,25,28). The summed E-state index contributed by atoms with van der Waals surface area (Å²) < 4.78 is 24.5. The van der Waals surface area contributed by atoms with E-state index in [2.05, 4.69) is 15.6 Å². The lowest BCUT2D eigenvalue weighted by molar-refractivity contribution is -0.119. The van der Waals surface area contributed by atoms with Crippen molar-refractivity contribution in [3.05, 3.63) is 59.5 Å². The molecule has 0 saturated carbocycles. The second kappa shape index (κ2) is 8.08. The largest absolute Gasteiger partial charge is 0.495 e. The van der Waals surface area contributed by atoms with Gasteiger partial charge in [-0.15, -0.1) is 0 Å². The average molecular weight is 409 g/mol. The molecule has 1 atom stereocenters. The van der Waals surface area contributed by atoms with Gasteiger partial charge in [0.2, 0.25) is 11.8 Å². The van der Waals surface area contributed by atoms with Crippen LogP contribution in [-0.2, 0) is 14.3 Å². The van der Waals surface area contributed by atoms with Gasteiger partial charge in [0.25, 0.3) is 0 Å². The highest BCUT2D eigenvalue weighted by molar-refractivity contribution is 5.99. The third kappa shape index (κ3) is 3.69. The molecule has 0 bridgehead atoms.